The van der Waals surface area contributed by atoms with Crippen LogP contribution in [-0.4, -0.2) is 46.6 Å². The summed E-state index contributed by atoms with van der Waals surface area (Å²) < 4.78 is 0. The molecule has 1 aromatic carbocycles. The van der Waals surface area contributed by atoms with Crippen molar-refractivity contribution < 1.29 is 19.2 Å². The van der Waals surface area contributed by atoms with Crippen molar-refractivity contribution in [2.75, 3.05) is 18.4 Å². The summed E-state index contributed by atoms with van der Waals surface area (Å²) in [5.74, 6) is -2.12. The van der Waals surface area contributed by atoms with Gasteiger partial charge < -0.3 is 5.32 Å². The van der Waals surface area contributed by atoms with Crippen molar-refractivity contribution in [1.82, 2.24) is 9.80 Å². The van der Waals surface area contributed by atoms with Gasteiger partial charge in [-0.3, -0.25) is 24.2 Å². The molecule has 0 aromatic heterocycles. The topological polar surface area (TPSA) is 86.8 Å². The molecule has 7 nitrogen and oxygen atoms in total. The van der Waals surface area contributed by atoms with Crippen LogP contribution in [0.15, 0.2) is 24.3 Å². The number of para-hydroxylation sites is 1. The van der Waals surface area contributed by atoms with Gasteiger partial charge in [0.1, 0.15) is 0 Å². The normalized spacial score (nSPS) is 14.5. The average molecular weight is 352 g/mol. The van der Waals surface area contributed by atoms with Crippen molar-refractivity contribution >= 4 is 41.0 Å². The molecule has 0 unspecified atom stereocenters. The van der Waals surface area contributed by atoms with Gasteiger partial charge in [-0.2, -0.15) is 0 Å². The van der Waals surface area contributed by atoms with E-state index in [1.807, 2.05) is 6.92 Å². The van der Waals surface area contributed by atoms with Crippen molar-refractivity contribution in [3.05, 3.63) is 29.3 Å². The third-order valence-electron chi connectivity index (χ3n) is 3.58. The summed E-state index contributed by atoms with van der Waals surface area (Å²) in [6.07, 6.45) is 1.31. The van der Waals surface area contributed by atoms with E-state index in [0.29, 0.717) is 17.1 Å². The molecule has 1 heterocycles. The van der Waals surface area contributed by atoms with E-state index in [9.17, 15) is 19.2 Å². The van der Waals surface area contributed by atoms with Crippen LogP contribution in [0.2, 0.25) is 5.02 Å². The van der Waals surface area contributed by atoms with Gasteiger partial charge in [0, 0.05) is 19.5 Å². The maximum absolute atomic E-state index is 12.1. The molecule has 0 saturated carbocycles. The number of unbranched alkanes of at least 4 members (excludes halogenated alkanes) is 1. The van der Waals surface area contributed by atoms with Gasteiger partial charge in [-0.25, -0.2) is 4.79 Å². The van der Waals surface area contributed by atoms with Gasteiger partial charge in [-0.15, -0.1) is 0 Å². The number of benzene rings is 1. The maximum Gasteiger partial charge on any atom is 0.334 e. The number of nitrogens with one attached hydrogen (secondary N) is 1. The smallest absolute Gasteiger partial charge is 0.325 e. The molecular weight excluding hydrogens is 334 g/mol. The lowest BCUT2D eigenvalue weighted by atomic mass is 10.3. The van der Waals surface area contributed by atoms with E-state index in [4.69, 9.17) is 11.6 Å². The predicted molar refractivity (Wildman–Crippen MR) is 88.4 cm³/mol. The average Bonchev–Trinajstić information content (AvgIpc) is 2.76. The first kappa shape index (κ1) is 17.9. The first-order valence-corrected chi connectivity index (χ1v) is 8.05. The van der Waals surface area contributed by atoms with E-state index in [2.05, 4.69) is 5.32 Å². The maximum atomic E-state index is 12.1. The molecular formula is C16H18ClN3O4. The number of amides is 5. The highest BCUT2D eigenvalue weighted by Crippen LogP contribution is 2.20. The molecule has 0 spiro atoms. The highest BCUT2D eigenvalue weighted by Gasteiger charge is 2.43. The SMILES string of the molecule is CCCCN1C(=O)C(=O)N(CCC(=O)Nc2ccccc2Cl)C1=O. The molecule has 0 atom stereocenters. The molecule has 5 amide bonds. The number of rotatable bonds is 7. The Morgan fingerprint density at radius 2 is 1.71 bits per heavy atom. The van der Waals surface area contributed by atoms with E-state index >= 15 is 0 Å². The molecule has 24 heavy (non-hydrogen) atoms. The fraction of sp³-hybridized carbons (Fsp3) is 0.375. The van der Waals surface area contributed by atoms with Crippen LogP contribution in [0, 0.1) is 0 Å². The van der Waals surface area contributed by atoms with Crippen LogP contribution in [0.3, 0.4) is 0 Å². The number of nitrogens with zero attached hydrogens (tertiary/aromatic N) is 2. The molecule has 1 saturated heterocycles. The summed E-state index contributed by atoms with van der Waals surface area (Å²) in [5, 5.41) is 2.99. The van der Waals surface area contributed by atoms with Crippen LogP contribution < -0.4 is 5.32 Å². The standard InChI is InChI=1S/C16H18ClN3O4/c1-2-3-9-19-14(22)15(23)20(16(19)24)10-8-13(21)18-12-7-5-4-6-11(12)17/h4-7H,2-3,8-10H2,1H3,(H,18,21). The number of urea groups is 1. The summed E-state index contributed by atoms with van der Waals surface area (Å²) >= 11 is 5.94. The minimum Gasteiger partial charge on any atom is -0.325 e. The minimum atomic E-state index is -0.887. The molecule has 0 aliphatic carbocycles. The first-order valence-electron chi connectivity index (χ1n) is 7.67. The lowest BCUT2D eigenvalue weighted by molar-refractivity contribution is -0.143. The molecule has 1 N–H and O–H groups in total. The molecule has 1 aromatic rings. The lowest BCUT2D eigenvalue weighted by Gasteiger charge is -2.15. The molecule has 1 aliphatic heterocycles. The van der Waals surface area contributed by atoms with Crippen LogP contribution in [0.1, 0.15) is 26.2 Å². The van der Waals surface area contributed by atoms with Gasteiger partial charge in [-0.05, 0) is 18.6 Å². The zero-order valence-electron chi connectivity index (χ0n) is 13.3. The second-order valence-electron chi connectivity index (χ2n) is 5.33. The Kier molecular flexibility index (Phi) is 5.92. The Labute approximate surface area is 144 Å². The minimum absolute atomic E-state index is 0.113. The van der Waals surface area contributed by atoms with Gasteiger partial charge >= 0.3 is 17.8 Å². The monoisotopic (exact) mass is 351 g/mol. The molecule has 8 heteroatoms. The number of hydrogen-bond acceptors (Lipinski definition) is 4. The van der Waals surface area contributed by atoms with Crippen LogP contribution in [0.4, 0.5) is 10.5 Å². The van der Waals surface area contributed by atoms with Gasteiger partial charge in [0.15, 0.2) is 0 Å². The summed E-state index contributed by atoms with van der Waals surface area (Å²) in [4.78, 5) is 49.5. The number of anilines is 1. The molecule has 1 aliphatic rings. The van der Waals surface area contributed by atoms with Gasteiger partial charge in [0.05, 0.1) is 10.7 Å². The highest BCUT2D eigenvalue weighted by molar-refractivity contribution is 6.44. The number of hydrogen-bond donors (Lipinski definition) is 1. The Morgan fingerprint density at radius 3 is 2.33 bits per heavy atom. The van der Waals surface area contributed by atoms with Crippen LogP contribution >= 0.6 is 11.6 Å². The fourth-order valence-corrected chi connectivity index (χ4v) is 2.43. The van der Waals surface area contributed by atoms with Crippen LogP contribution in [-0.2, 0) is 14.4 Å². The van der Waals surface area contributed by atoms with Gasteiger partial charge in [0.25, 0.3) is 0 Å². The van der Waals surface area contributed by atoms with E-state index in [-0.39, 0.29) is 19.5 Å². The lowest BCUT2D eigenvalue weighted by Crippen LogP contribution is -2.35. The predicted octanol–water partition coefficient (Wildman–Crippen LogP) is 2.26. The second kappa shape index (κ2) is 7.92. The summed E-state index contributed by atoms with van der Waals surface area (Å²) in [7, 11) is 0. The molecule has 128 valence electrons. The number of imide groups is 2. The van der Waals surface area contributed by atoms with E-state index in [1.165, 1.54) is 0 Å². The Morgan fingerprint density at radius 1 is 1.08 bits per heavy atom. The number of halogens is 1. The quantitative estimate of drug-likeness (QED) is 0.603. The second-order valence-corrected chi connectivity index (χ2v) is 5.73. The van der Waals surface area contributed by atoms with Crippen molar-refractivity contribution in [2.45, 2.75) is 26.2 Å². The molecule has 0 bridgehead atoms. The molecule has 2 rings (SSSR count). The van der Waals surface area contributed by atoms with E-state index < -0.39 is 23.8 Å². The van der Waals surface area contributed by atoms with Crippen molar-refractivity contribution in [3.8, 4) is 0 Å². The zero-order chi connectivity index (χ0) is 17.7. The zero-order valence-corrected chi connectivity index (χ0v) is 14.0. The third-order valence-corrected chi connectivity index (χ3v) is 3.91. The third kappa shape index (κ3) is 3.91. The first-order chi connectivity index (χ1) is 11.5. The highest BCUT2D eigenvalue weighted by atomic mass is 35.5. The van der Waals surface area contributed by atoms with Gasteiger partial charge in [-0.1, -0.05) is 37.1 Å². The Balaban J connectivity index is 1.92. The summed E-state index contributed by atoms with van der Waals surface area (Å²) in [6, 6.07) is 6.07. The number of carbonyl (C=O) groups excluding carboxylic acids is 4. The fourth-order valence-electron chi connectivity index (χ4n) is 2.25. The van der Waals surface area contributed by atoms with E-state index in [0.717, 1.165) is 16.2 Å². The van der Waals surface area contributed by atoms with Gasteiger partial charge in [0.2, 0.25) is 5.91 Å². The van der Waals surface area contributed by atoms with Crippen LogP contribution in [0.25, 0.3) is 0 Å². The van der Waals surface area contributed by atoms with E-state index in [1.54, 1.807) is 24.3 Å². The largest absolute Gasteiger partial charge is 0.334 e. The Bertz CT molecular complexity index is 677. The molecule has 0 radical (unpaired) electrons. The van der Waals surface area contributed by atoms with Crippen LogP contribution in [0.5, 0.6) is 0 Å². The molecule has 1 fully saturated rings. The number of carbonyl (C=O) groups is 4. The van der Waals surface area contributed by atoms with Crippen molar-refractivity contribution in [1.29, 1.82) is 0 Å². The van der Waals surface area contributed by atoms with Crippen molar-refractivity contribution in [2.24, 2.45) is 0 Å². The van der Waals surface area contributed by atoms with Crippen molar-refractivity contribution in [3.63, 3.8) is 0 Å². The Hall–Kier alpha value is -2.41. The summed E-state index contributed by atoms with van der Waals surface area (Å²) in [5.41, 5.74) is 0.448. The summed E-state index contributed by atoms with van der Waals surface area (Å²) in [6.45, 7) is 1.98.